The number of esters is 1. The standard InChI is InChI=1S/C27H36N4O4/c1-5-19-9-11-20(12-10-19)16-30-24(32)23-15-22(25(33)35-6-2)29-31(23)17-27(30,4)26(34)28-21-13-7-18(3)8-14-21/h9-12,15,18,21H,5-8,13-14,16-17H2,1-4H3,(H,28,34)/t18?,21?,27-/m1/s1. The van der Waals surface area contributed by atoms with Gasteiger partial charge in [-0.05, 0) is 63.0 Å². The van der Waals surface area contributed by atoms with Crippen LogP contribution in [0.5, 0.6) is 0 Å². The summed E-state index contributed by atoms with van der Waals surface area (Å²) < 4.78 is 6.55. The highest BCUT2D eigenvalue weighted by Gasteiger charge is 2.48. The smallest absolute Gasteiger partial charge is 0.358 e. The third-order valence-electron chi connectivity index (χ3n) is 7.39. The second kappa shape index (κ2) is 10.2. The first kappa shape index (κ1) is 24.9. The van der Waals surface area contributed by atoms with Crippen molar-refractivity contribution in [3.63, 3.8) is 0 Å². The van der Waals surface area contributed by atoms with Crippen LogP contribution in [0.4, 0.5) is 0 Å². The number of hydrogen-bond acceptors (Lipinski definition) is 5. The molecule has 2 amide bonds. The van der Waals surface area contributed by atoms with Crippen molar-refractivity contribution in [1.82, 2.24) is 20.0 Å². The van der Waals surface area contributed by atoms with Crippen LogP contribution in [0.25, 0.3) is 0 Å². The zero-order chi connectivity index (χ0) is 25.2. The van der Waals surface area contributed by atoms with Crippen LogP contribution in [0.2, 0.25) is 0 Å². The van der Waals surface area contributed by atoms with Crippen molar-refractivity contribution in [3.05, 3.63) is 52.8 Å². The summed E-state index contributed by atoms with van der Waals surface area (Å²) in [5.41, 5.74) is 1.36. The summed E-state index contributed by atoms with van der Waals surface area (Å²) in [6, 6.07) is 9.67. The van der Waals surface area contributed by atoms with Crippen LogP contribution in [-0.2, 0) is 29.0 Å². The minimum absolute atomic E-state index is 0.0772. The number of aryl methyl sites for hydroxylation is 1. The molecule has 0 spiro atoms. The topological polar surface area (TPSA) is 93.5 Å². The molecule has 1 aromatic carbocycles. The molecule has 8 nitrogen and oxygen atoms in total. The molecular formula is C27H36N4O4. The van der Waals surface area contributed by atoms with Crippen molar-refractivity contribution in [2.45, 2.75) is 84.5 Å². The number of amides is 2. The van der Waals surface area contributed by atoms with Crippen molar-refractivity contribution in [1.29, 1.82) is 0 Å². The van der Waals surface area contributed by atoms with Gasteiger partial charge in [-0.15, -0.1) is 0 Å². The van der Waals surface area contributed by atoms with E-state index in [4.69, 9.17) is 4.74 Å². The fraction of sp³-hybridized carbons (Fsp3) is 0.556. The maximum atomic E-state index is 13.7. The highest BCUT2D eigenvalue weighted by atomic mass is 16.5. The Morgan fingerprint density at radius 2 is 1.77 bits per heavy atom. The van der Waals surface area contributed by atoms with Gasteiger partial charge in [0.1, 0.15) is 11.2 Å². The minimum atomic E-state index is -1.16. The van der Waals surface area contributed by atoms with Gasteiger partial charge >= 0.3 is 5.97 Å². The number of rotatable bonds is 7. The van der Waals surface area contributed by atoms with Crippen LogP contribution in [0.1, 0.15) is 85.5 Å². The van der Waals surface area contributed by atoms with E-state index in [2.05, 4.69) is 24.3 Å². The van der Waals surface area contributed by atoms with E-state index in [1.807, 2.05) is 24.3 Å². The van der Waals surface area contributed by atoms with Gasteiger partial charge in [-0.3, -0.25) is 14.3 Å². The van der Waals surface area contributed by atoms with E-state index in [0.29, 0.717) is 5.92 Å². The Morgan fingerprint density at radius 1 is 1.11 bits per heavy atom. The molecule has 4 rings (SSSR count). The van der Waals surface area contributed by atoms with E-state index in [9.17, 15) is 14.4 Å². The summed E-state index contributed by atoms with van der Waals surface area (Å²) in [5, 5.41) is 7.55. The second-order valence-corrected chi connectivity index (χ2v) is 10.1. The number of fused-ring (bicyclic) bond motifs is 1. The summed E-state index contributed by atoms with van der Waals surface area (Å²) >= 11 is 0. The molecule has 1 saturated carbocycles. The van der Waals surface area contributed by atoms with E-state index in [1.165, 1.54) is 16.3 Å². The van der Waals surface area contributed by atoms with Gasteiger partial charge in [-0.2, -0.15) is 5.10 Å². The zero-order valence-corrected chi connectivity index (χ0v) is 21.2. The maximum Gasteiger partial charge on any atom is 0.358 e. The van der Waals surface area contributed by atoms with E-state index in [-0.39, 0.29) is 48.9 Å². The molecule has 1 aromatic heterocycles. The lowest BCUT2D eigenvalue weighted by Gasteiger charge is -2.44. The van der Waals surface area contributed by atoms with Crippen molar-refractivity contribution in [3.8, 4) is 0 Å². The fourth-order valence-electron chi connectivity index (χ4n) is 5.00. The highest BCUT2D eigenvalue weighted by molar-refractivity contribution is 6.01. The predicted molar refractivity (Wildman–Crippen MR) is 132 cm³/mol. The number of hydrogen-bond donors (Lipinski definition) is 1. The molecule has 1 aliphatic heterocycles. The molecule has 1 fully saturated rings. The average molecular weight is 481 g/mol. The van der Waals surface area contributed by atoms with Crippen LogP contribution in [0, 0.1) is 5.92 Å². The lowest BCUT2D eigenvalue weighted by Crippen LogP contribution is -2.64. The maximum absolute atomic E-state index is 13.7. The molecule has 0 radical (unpaired) electrons. The van der Waals surface area contributed by atoms with Gasteiger partial charge < -0.3 is 15.0 Å². The van der Waals surface area contributed by atoms with Gasteiger partial charge in [0.05, 0.1) is 13.2 Å². The van der Waals surface area contributed by atoms with E-state index in [0.717, 1.165) is 37.7 Å². The average Bonchev–Trinajstić information content (AvgIpc) is 3.28. The number of carbonyl (C=O) groups is 3. The molecular weight excluding hydrogens is 444 g/mol. The van der Waals surface area contributed by atoms with Crippen LogP contribution >= 0.6 is 0 Å². The first-order valence-corrected chi connectivity index (χ1v) is 12.7. The third kappa shape index (κ3) is 5.11. The Bertz CT molecular complexity index is 1090. The second-order valence-electron chi connectivity index (χ2n) is 10.1. The Morgan fingerprint density at radius 3 is 2.40 bits per heavy atom. The Balaban J connectivity index is 1.65. The first-order chi connectivity index (χ1) is 16.7. The normalized spacial score (nSPS) is 24.1. The quantitative estimate of drug-likeness (QED) is 0.610. The molecule has 1 N–H and O–H groups in total. The Hall–Kier alpha value is -3.16. The Labute approximate surface area is 207 Å². The molecule has 1 aliphatic carbocycles. The van der Waals surface area contributed by atoms with Gasteiger partial charge in [0.15, 0.2) is 5.69 Å². The van der Waals surface area contributed by atoms with Crippen LogP contribution < -0.4 is 5.32 Å². The highest BCUT2D eigenvalue weighted by Crippen LogP contribution is 2.31. The van der Waals surface area contributed by atoms with E-state index < -0.39 is 11.5 Å². The molecule has 2 heterocycles. The zero-order valence-electron chi connectivity index (χ0n) is 21.2. The molecule has 8 heteroatoms. The predicted octanol–water partition coefficient (Wildman–Crippen LogP) is 3.73. The van der Waals surface area contributed by atoms with E-state index >= 15 is 0 Å². The van der Waals surface area contributed by atoms with Crippen molar-refractivity contribution in [2.24, 2.45) is 5.92 Å². The first-order valence-electron chi connectivity index (χ1n) is 12.7. The summed E-state index contributed by atoms with van der Waals surface area (Å²) in [6.45, 7) is 8.52. The monoisotopic (exact) mass is 480 g/mol. The number of ether oxygens (including phenoxy) is 1. The number of nitrogens with zero attached hydrogens (tertiary/aromatic N) is 3. The van der Waals surface area contributed by atoms with Crippen LogP contribution in [0.3, 0.4) is 0 Å². The van der Waals surface area contributed by atoms with Crippen LogP contribution in [0.15, 0.2) is 30.3 Å². The molecule has 0 saturated heterocycles. The third-order valence-corrected chi connectivity index (χ3v) is 7.39. The molecule has 1 atom stereocenters. The molecule has 35 heavy (non-hydrogen) atoms. The lowest BCUT2D eigenvalue weighted by atomic mass is 9.86. The minimum Gasteiger partial charge on any atom is -0.461 e. The fourth-order valence-corrected chi connectivity index (χ4v) is 5.00. The summed E-state index contributed by atoms with van der Waals surface area (Å²) in [6.07, 6.45) is 4.98. The lowest BCUT2D eigenvalue weighted by molar-refractivity contribution is -0.134. The molecule has 2 aromatic rings. The van der Waals surface area contributed by atoms with E-state index in [1.54, 1.807) is 18.7 Å². The van der Waals surface area contributed by atoms with Gasteiger partial charge in [0, 0.05) is 18.7 Å². The van der Waals surface area contributed by atoms with Gasteiger partial charge in [-0.25, -0.2) is 4.79 Å². The number of nitrogens with one attached hydrogen (secondary N) is 1. The largest absolute Gasteiger partial charge is 0.461 e. The summed E-state index contributed by atoms with van der Waals surface area (Å²) in [7, 11) is 0. The van der Waals surface area contributed by atoms with Crippen molar-refractivity contribution in [2.75, 3.05) is 6.61 Å². The number of benzene rings is 1. The number of aromatic nitrogens is 2. The molecule has 0 unspecified atom stereocenters. The summed E-state index contributed by atoms with van der Waals surface area (Å²) in [4.78, 5) is 41.4. The van der Waals surface area contributed by atoms with Crippen LogP contribution in [-0.4, -0.2) is 50.7 Å². The van der Waals surface area contributed by atoms with Gasteiger partial charge in [0.2, 0.25) is 5.91 Å². The Kier molecular flexibility index (Phi) is 7.28. The molecule has 0 bridgehead atoms. The van der Waals surface area contributed by atoms with Crippen molar-refractivity contribution < 1.29 is 19.1 Å². The molecule has 188 valence electrons. The van der Waals surface area contributed by atoms with Gasteiger partial charge in [0.25, 0.3) is 5.91 Å². The summed E-state index contributed by atoms with van der Waals surface area (Å²) in [5.74, 6) is -0.417. The number of carbonyl (C=O) groups excluding carboxylic acids is 3. The van der Waals surface area contributed by atoms with Crippen molar-refractivity contribution >= 4 is 17.8 Å². The SMILES string of the molecule is CCOC(=O)c1cc2n(n1)C[C@](C)(C(=O)NC1CCC(C)CC1)N(Cc1ccc(CC)cc1)C2=O. The van der Waals surface area contributed by atoms with Gasteiger partial charge in [-0.1, -0.05) is 38.1 Å². The molecule has 2 aliphatic rings.